The van der Waals surface area contributed by atoms with Crippen LogP contribution in [0.3, 0.4) is 0 Å². The van der Waals surface area contributed by atoms with E-state index in [2.05, 4.69) is 26.0 Å². The summed E-state index contributed by atoms with van der Waals surface area (Å²) in [5.74, 6) is 0.619. The number of ether oxygens (including phenoxy) is 1. The molecule has 0 saturated heterocycles. The van der Waals surface area contributed by atoms with E-state index in [0.29, 0.717) is 5.92 Å². The van der Waals surface area contributed by atoms with Crippen molar-refractivity contribution in [3.8, 4) is 0 Å². The van der Waals surface area contributed by atoms with E-state index in [4.69, 9.17) is 4.74 Å². The predicted octanol–water partition coefficient (Wildman–Crippen LogP) is 2.86. The van der Waals surface area contributed by atoms with E-state index in [-0.39, 0.29) is 0 Å². The van der Waals surface area contributed by atoms with Crippen LogP contribution in [0.4, 0.5) is 0 Å². The number of hydrogen-bond donors (Lipinski definition) is 0. The Morgan fingerprint density at radius 3 is 2.42 bits per heavy atom. The molecule has 0 aliphatic rings. The first kappa shape index (κ1) is 9.27. The molecule has 0 saturated carbocycles. The molecule has 0 N–H and O–H groups in total. The Hall–Kier alpha value is -0.820. The van der Waals surface area contributed by atoms with Crippen LogP contribution in [0.5, 0.6) is 0 Å². The Kier molecular flexibility index (Phi) is 3.81. The van der Waals surface area contributed by atoms with E-state index in [1.165, 1.54) is 5.56 Å². The van der Waals surface area contributed by atoms with Gasteiger partial charge >= 0.3 is 0 Å². The Morgan fingerprint density at radius 1 is 1.17 bits per heavy atom. The maximum absolute atomic E-state index is 5.48. The van der Waals surface area contributed by atoms with Crippen LogP contribution in [0.15, 0.2) is 30.3 Å². The monoisotopic (exact) mass is 164 g/mol. The predicted molar refractivity (Wildman–Crippen MR) is 50.9 cm³/mol. The van der Waals surface area contributed by atoms with Gasteiger partial charge in [-0.2, -0.15) is 0 Å². The highest BCUT2D eigenvalue weighted by Gasteiger charge is 1.94. The number of hydrogen-bond acceptors (Lipinski definition) is 1. The first-order valence-electron chi connectivity index (χ1n) is 4.40. The van der Waals surface area contributed by atoms with Gasteiger partial charge in [0.15, 0.2) is 0 Å². The third-order valence-electron chi connectivity index (χ3n) is 1.56. The third-order valence-corrected chi connectivity index (χ3v) is 1.56. The average molecular weight is 164 g/mol. The molecule has 66 valence electrons. The minimum atomic E-state index is 0.619. The molecule has 0 radical (unpaired) electrons. The van der Waals surface area contributed by atoms with Gasteiger partial charge in [-0.25, -0.2) is 0 Å². The van der Waals surface area contributed by atoms with Gasteiger partial charge in [-0.05, 0) is 11.5 Å². The van der Waals surface area contributed by atoms with Gasteiger partial charge in [0.1, 0.15) is 0 Å². The highest BCUT2D eigenvalue weighted by Crippen LogP contribution is 2.02. The van der Waals surface area contributed by atoms with E-state index in [9.17, 15) is 0 Å². The van der Waals surface area contributed by atoms with Gasteiger partial charge < -0.3 is 4.74 Å². The molecular weight excluding hydrogens is 148 g/mol. The number of rotatable bonds is 4. The van der Waals surface area contributed by atoms with Crippen molar-refractivity contribution in [1.29, 1.82) is 0 Å². The van der Waals surface area contributed by atoms with Crippen LogP contribution in [0, 0.1) is 5.92 Å². The van der Waals surface area contributed by atoms with Crippen LogP contribution in [-0.4, -0.2) is 6.61 Å². The van der Waals surface area contributed by atoms with Crippen LogP contribution < -0.4 is 0 Å². The van der Waals surface area contributed by atoms with E-state index < -0.39 is 0 Å². The molecule has 0 amide bonds. The molecule has 0 fully saturated rings. The van der Waals surface area contributed by atoms with Gasteiger partial charge in [-0.15, -0.1) is 0 Å². The Morgan fingerprint density at radius 2 is 1.83 bits per heavy atom. The van der Waals surface area contributed by atoms with Gasteiger partial charge in [0.2, 0.25) is 0 Å². The zero-order valence-electron chi connectivity index (χ0n) is 7.79. The SMILES string of the molecule is CC(C)COCc1ccccc1. The molecule has 0 atom stereocenters. The lowest BCUT2D eigenvalue weighted by Gasteiger charge is -2.05. The fourth-order valence-corrected chi connectivity index (χ4v) is 0.987. The van der Waals surface area contributed by atoms with Crippen LogP contribution in [-0.2, 0) is 11.3 Å². The molecule has 0 unspecified atom stereocenters. The van der Waals surface area contributed by atoms with Gasteiger partial charge in [-0.1, -0.05) is 44.2 Å². The lowest BCUT2D eigenvalue weighted by molar-refractivity contribution is 0.0971. The lowest BCUT2D eigenvalue weighted by atomic mass is 10.2. The van der Waals surface area contributed by atoms with Gasteiger partial charge in [0, 0.05) is 6.61 Å². The van der Waals surface area contributed by atoms with E-state index >= 15 is 0 Å². The van der Waals surface area contributed by atoms with Crippen LogP contribution in [0.2, 0.25) is 0 Å². The molecule has 0 aliphatic carbocycles. The van der Waals surface area contributed by atoms with Crippen molar-refractivity contribution >= 4 is 0 Å². The molecule has 1 heteroatoms. The van der Waals surface area contributed by atoms with Crippen LogP contribution >= 0.6 is 0 Å². The molecule has 1 rings (SSSR count). The second kappa shape index (κ2) is 4.94. The quantitative estimate of drug-likeness (QED) is 0.665. The van der Waals surface area contributed by atoms with Crippen molar-refractivity contribution in [3.05, 3.63) is 35.9 Å². The maximum Gasteiger partial charge on any atom is 0.0717 e. The summed E-state index contributed by atoms with van der Waals surface area (Å²) in [6.07, 6.45) is 0. The van der Waals surface area contributed by atoms with Gasteiger partial charge in [0.05, 0.1) is 6.61 Å². The molecule has 0 spiro atoms. The zero-order chi connectivity index (χ0) is 8.81. The van der Waals surface area contributed by atoms with Crippen molar-refractivity contribution in [1.82, 2.24) is 0 Å². The smallest absolute Gasteiger partial charge is 0.0717 e. The van der Waals surface area contributed by atoms with E-state index in [1.54, 1.807) is 0 Å². The third kappa shape index (κ3) is 3.54. The fraction of sp³-hybridized carbons (Fsp3) is 0.455. The summed E-state index contributed by atoms with van der Waals surface area (Å²) in [5, 5.41) is 0. The molecule has 1 nitrogen and oxygen atoms in total. The Labute approximate surface area is 74.4 Å². The molecule has 12 heavy (non-hydrogen) atoms. The second-order valence-electron chi connectivity index (χ2n) is 3.39. The molecule has 0 aromatic heterocycles. The summed E-state index contributed by atoms with van der Waals surface area (Å²) in [5.41, 5.74) is 1.25. The summed E-state index contributed by atoms with van der Waals surface area (Å²) < 4.78 is 5.48. The molecule has 1 aromatic carbocycles. The zero-order valence-corrected chi connectivity index (χ0v) is 7.79. The van der Waals surface area contributed by atoms with Crippen molar-refractivity contribution in [3.63, 3.8) is 0 Å². The van der Waals surface area contributed by atoms with Crippen LogP contribution in [0.1, 0.15) is 19.4 Å². The van der Waals surface area contributed by atoms with Crippen molar-refractivity contribution in [2.24, 2.45) is 5.92 Å². The van der Waals surface area contributed by atoms with Crippen molar-refractivity contribution in [2.75, 3.05) is 6.61 Å². The minimum Gasteiger partial charge on any atom is -0.377 e. The lowest BCUT2D eigenvalue weighted by Crippen LogP contribution is -2.01. The normalized spacial score (nSPS) is 10.6. The summed E-state index contributed by atoms with van der Waals surface area (Å²) in [7, 11) is 0. The average Bonchev–Trinajstić information content (AvgIpc) is 2.05. The molecular formula is C11H16O. The van der Waals surface area contributed by atoms with E-state index in [1.807, 2.05) is 18.2 Å². The fourth-order valence-electron chi connectivity index (χ4n) is 0.987. The standard InChI is InChI=1S/C11H16O/c1-10(2)8-12-9-11-6-4-3-5-7-11/h3-7,10H,8-9H2,1-2H3. The maximum atomic E-state index is 5.48. The minimum absolute atomic E-state index is 0.619. The first-order valence-corrected chi connectivity index (χ1v) is 4.40. The van der Waals surface area contributed by atoms with Gasteiger partial charge in [-0.3, -0.25) is 0 Å². The van der Waals surface area contributed by atoms with Crippen molar-refractivity contribution in [2.45, 2.75) is 20.5 Å². The molecule has 0 heterocycles. The first-order chi connectivity index (χ1) is 5.79. The Bertz CT molecular complexity index is 204. The highest BCUT2D eigenvalue weighted by molar-refractivity contribution is 5.13. The van der Waals surface area contributed by atoms with Gasteiger partial charge in [0.25, 0.3) is 0 Å². The molecule has 0 aliphatic heterocycles. The second-order valence-corrected chi connectivity index (χ2v) is 3.39. The number of benzene rings is 1. The Balaban J connectivity index is 2.25. The van der Waals surface area contributed by atoms with Crippen molar-refractivity contribution < 1.29 is 4.74 Å². The largest absolute Gasteiger partial charge is 0.377 e. The van der Waals surface area contributed by atoms with E-state index in [0.717, 1.165) is 13.2 Å². The summed E-state index contributed by atoms with van der Waals surface area (Å²) >= 11 is 0. The molecule has 0 bridgehead atoms. The summed E-state index contributed by atoms with van der Waals surface area (Å²) in [6, 6.07) is 10.3. The highest BCUT2D eigenvalue weighted by atomic mass is 16.5. The summed E-state index contributed by atoms with van der Waals surface area (Å²) in [4.78, 5) is 0. The topological polar surface area (TPSA) is 9.23 Å². The summed E-state index contributed by atoms with van der Waals surface area (Å²) in [6.45, 7) is 5.89. The van der Waals surface area contributed by atoms with Crippen LogP contribution in [0.25, 0.3) is 0 Å². The molecule has 1 aromatic rings.